The predicted octanol–water partition coefficient (Wildman–Crippen LogP) is 4.44. The molecule has 1 fully saturated rings. The Hall–Kier alpha value is -2.51. The number of likely N-dealkylation sites (N-methyl/N-ethyl adjacent to an activating group) is 1. The number of nitrogens with zero attached hydrogens (tertiary/aromatic N) is 1. The van der Waals surface area contributed by atoms with E-state index in [-0.39, 0.29) is 21.7 Å². The third-order valence-electron chi connectivity index (χ3n) is 3.75. The second kappa shape index (κ2) is 7.39. The van der Waals surface area contributed by atoms with E-state index in [2.05, 4.69) is 0 Å². The molecular formula is C18H14ClNO5S. The minimum atomic E-state index is -0.545. The summed E-state index contributed by atoms with van der Waals surface area (Å²) in [6, 6.07) is 8.25. The van der Waals surface area contributed by atoms with Crippen LogP contribution in [-0.4, -0.2) is 35.7 Å². The number of imide groups is 1. The SMILES string of the molecule is CCN1C(=O)S/C(=C/c2ccc(-c3ccc(Cl)c(C(=O)OC)c3)o2)C1=O. The monoisotopic (exact) mass is 391 g/mol. The summed E-state index contributed by atoms with van der Waals surface area (Å²) in [7, 11) is 1.28. The van der Waals surface area contributed by atoms with Crippen molar-refractivity contribution in [2.45, 2.75) is 6.92 Å². The standard InChI is InChI=1S/C18H14ClNO5S/c1-3-20-16(21)15(26-18(20)23)9-11-5-7-14(25-11)10-4-6-13(19)12(8-10)17(22)24-2/h4-9H,3H2,1-2H3/b15-9+. The first-order valence-corrected chi connectivity index (χ1v) is 8.87. The molecule has 2 heterocycles. The topological polar surface area (TPSA) is 76.8 Å². The van der Waals surface area contributed by atoms with Gasteiger partial charge in [0.15, 0.2) is 0 Å². The highest BCUT2D eigenvalue weighted by Gasteiger charge is 2.33. The highest BCUT2D eigenvalue weighted by molar-refractivity contribution is 8.18. The molecule has 0 spiro atoms. The highest BCUT2D eigenvalue weighted by atomic mass is 35.5. The summed E-state index contributed by atoms with van der Waals surface area (Å²) in [5, 5.41) is -0.0171. The van der Waals surface area contributed by atoms with E-state index in [0.29, 0.717) is 28.5 Å². The number of rotatable bonds is 4. The van der Waals surface area contributed by atoms with Crippen molar-refractivity contribution in [2.75, 3.05) is 13.7 Å². The van der Waals surface area contributed by atoms with Gasteiger partial charge in [-0.3, -0.25) is 14.5 Å². The van der Waals surface area contributed by atoms with Crippen molar-refractivity contribution in [2.24, 2.45) is 0 Å². The third kappa shape index (κ3) is 3.40. The fraction of sp³-hybridized carbons (Fsp3) is 0.167. The largest absolute Gasteiger partial charge is 0.465 e. The molecule has 1 aliphatic rings. The molecule has 1 saturated heterocycles. The van der Waals surface area contributed by atoms with Crippen LogP contribution in [0, 0.1) is 0 Å². The molecule has 0 bridgehead atoms. The molecule has 6 nitrogen and oxygen atoms in total. The molecule has 26 heavy (non-hydrogen) atoms. The van der Waals surface area contributed by atoms with Crippen LogP contribution in [0.15, 0.2) is 39.7 Å². The van der Waals surface area contributed by atoms with Crippen LogP contribution in [-0.2, 0) is 9.53 Å². The fourth-order valence-corrected chi connectivity index (χ4v) is 3.51. The van der Waals surface area contributed by atoms with Crippen molar-refractivity contribution in [1.82, 2.24) is 4.90 Å². The predicted molar refractivity (Wildman–Crippen MR) is 98.8 cm³/mol. The van der Waals surface area contributed by atoms with Crippen LogP contribution in [0.3, 0.4) is 0 Å². The Bertz CT molecular complexity index is 933. The number of benzene rings is 1. The number of hydrogen-bond donors (Lipinski definition) is 0. The number of furan rings is 1. The van der Waals surface area contributed by atoms with Crippen LogP contribution in [0.5, 0.6) is 0 Å². The van der Waals surface area contributed by atoms with Gasteiger partial charge in [-0.15, -0.1) is 0 Å². The molecule has 134 valence electrons. The molecule has 0 unspecified atom stereocenters. The first-order chi connectivity index (χ1) is 12.4. The second-order valence-electron chi connectivity index (χ2n) is 5.31. The zero-order valence-electron chi connectivity index (χ0n) is 13.9. The zero-order chi connectivity index (χ0) is 18.8. The van der Waals surface area contributed by atoms with Crippen molar-refractivity contribution < 1.29 is 23.5 Å². The first kappa shape index (κ1) is 18.3. The summed E-state index contributed by atoms with van der Waals surface area (Å²) in [4.78, 5) is 37.1. The molecule has 8 heteroatoms. The molecule has 2 amide bonds. The van der Waals surface area contributed by atoms with Crippen LogP contribution in [0.4, 0.5) is 4.79 Å². The average Bonchev–Trinajstić information content (AvgIpc) is 3.19. The van der Waals surface area contributed by atoms with Gasteiger partial charge in [0, 0.05) is 18.2 Å². The molecule has 3 rings (SSSR count). The number of ether oxygens (including phenoxy) is 1. The minimum absolute atomic E-state index is 0.230. The van der Waals surface area contributed by atoms with E-state index in [1.807, 2.05) is 0 Å². The van der Waals surface area contributed by atoms with E-state index in [1.165, 1.54) is 18.1 Å². The Morgan fingerprint density at radius 2 is 2.08 bits per heavy atom. The number of thioether (sulfide) groups is 1. The lowest BCUT2D eigenvalue weighted by Crippen LogP contribution is -2.27. The van der Waals surface area contributed by atoms with E-state index >= 15 is 0 Å². The lowest BCUT2D eigenvalue weighted by atomic mass is 10.1. The molecule has 1 aliphatic heterocycles. The van der Waals surface area contributed by atoms with E-state index in [4.69, 9.17) is 20.8 Å². The van der Waals surface area contributed by atoms with Crippen LogP contribution >= 0.6 is 23.4 Å². The molecule has 1 aromatic carbocycles. The molecule has 0 saturated carbocycles. The van der Waals surface area contributed by atoms with Gasteiger partial charge in [-0.25, -0.2) is 4.79 Å². The molecular weight excluding hydrogens is 378 g/mol. The van der Waals surface area contributed by atoms with Crippen molar-refractivity contribution in [3.63, 3.8) is 0 Å². The molecule has 0 radical (unpaired) electrons. The highest BCUT2D eigenvalue weighted by Crippen LogP contribution is 2.33. The Morgan fingerprint density at radius 3 is 2.73 bits per heavy atom. The van der Waals surface area contributed by atoms with E-state index in [9.17, 15) is 14.4 Å². The number of carbonyl (C=O) groups excluding carboxylic acids is 3. The van der Waals surface area contributed by atoms with Crippen molar-refractivity contribution in [3.8, 4) is 11.3 Å². The Kier molecular flexibility index (Phi) is 5.20. The maximum atomic E-state index is 12.1. The molecule has 1 aromatic heterocycles. The third-order valence-corrected chi connectivity index (χ3v) is 4.98. The van der Waals surface area contributed by atoms with Gasteiger partial charge in [0.1, 0.15) is 11.5 Å². The average molecular weight is 392 g/mol. The lowest BCUT2D eigenvalue weighted by molar-refractivity contribution is -0.122. The van der Waals surface area contributed by atoms with Gasteiger partial charge in [-0.2, -0.15) is 0 Å². The first-order valence-electron chi connectivity index (χ1n) is 7.68. The smallest absolute Gasteiger partial charge is 0.339 e. The summed E-state index contributed by atoms with van der Waals surface area (Å²) < 4.78 is 10.4. The minimum Gasteiger partial charge on any atom is -0.465 e. The van der Waals surface area contributed by atoms with Crippen LogP contribution < -0.4 is 0 Å². The maximum absolute atomic E-state index is 12.1. The number of esters is 1. The van der Waals surface area contributed by atoms with Crippen molar-refractivity contribution in [1.29, 1.82) is 0 Å². The van der Waals surface area contributed by atoms with E-state index in [0.717, 1.165) is 11.8 Å². The van der Waals surface area contributed by atoms with E-state index in [1.54, 1.807) is 37.3 Å². The Labute approximate surface area is 158 Å². The van der Waals surface area contributed by atoms with Crippen molar-refractivity contribution in [3.05, 3.63) is 51.6 Å². The summed E-state index contributed by atoms with van der Waals surface area (Å²) in [5.74, 6) is 0.0424. The van der Waals surface area contributed by atoms with Gasteiger partial charge in [0.05, 0.1) is 22.6 Å². The molecule has 0 N–H and O–H groups in total. The normalized spacial score (nSPS) is 15.8. The van der Waals surface area contributed by atoms with Gasteiger partial charge >= 0.3 is 5.97 Å². The zero-order valence-corrected chi connectivity index (χ0v) is 15.5. The fourth-order valence-electron chi connectivity index (χ4n) is 2.43. The number of hydrogen-bond acceptors (Lipinski definition) is 6. The molecule has 0 aliphatic carbocycles. The van der Waals surface area contributed by atoms with Gasteiger partial charge in [-0.05, 0) is 49.0 Å². The van der Waals surface area contributed by atoms with Gasteiger partial charge in [-0.1, -0.05) is 11.6 Å². The number of methoxy groups -OCH3 is 1. The summed E-state index contributed by atoms with van der Waals surface area (Å²) in [6.07, 6.45) is 1.53. The van der Waals surface area contributed by atoms with Crippen LogP contribution in [0.25, 0.3) is 17.4 Å². The molecule has 0 atom stereocenters. The van der Waals surface area contributed by atoms with Gasteiger partial charge < -0.3 is 9.15 Å². The quantitative estimate of drug-likeness (QED) is 0.566. The van der Waals surface area contributed by atoms with Gasteiger partial charge in [0.2, 0.25) is 0 Å². The Morgan fingerprint density at radius 1 is 1.31 bits per heavy atom. The number of amides is 2. The molecule has 2 aromatic rings. The lowest BCUT2D eigenvalue weighted by Gasteiger charge is -2.06. The summed E-state index contributed by atoms with van der Waals surface area (Å²) in [6.45, 7) is 2.07. The summed E-state index contributed by atoms with van der Waals surface area (Å²) in [5.41, 5.74) is 0.866. The van der Waals surface area contributed by atoms with Crippen LogP contribution in [0.2, 0.25) is 5.02 Å². The van der Waals surface area contributed by atoms with Crippen molar-refractivity contribution >= 4 is 46.6 Å². The Balaban J connectivity index is 1.90. The van der Waals surface area contributed by atoms with Gasteiger partial charge in [0.25, 0.3) is 11.1 Å². The maximum Gasteiger partial charge on any atom is 0.339 e. The number of halogens is 1. The van der Waals surface area contributed by atoms with E-state index < -0.39 is 5.97 Å². The second-order valence-corrected chi connectivity index (χ2v) is 6.71. The number of carbonyl (C=O) groups is 3. The van der Waals surface area contributed by atoms with Crippen LogP contribution in [0.1, 0.15) is 23.0 Å². The summed E-state index contributed by atoms with van der Waals surface area (Å²) >= 11 is 6.89.